The summed E-state index contributed by atoms with van der Waals surface area (Å²) >= 11 is 0. The van der Waals surface area contributed by atoms with E-state index >= 15 is 0 Å². The molecular weight excluding hydrogens is 389 g/mol. The minimum absolute atomic E-state index is 0. The van der Waals surface area contributed by atoms with Crippen LogP contribution in [-0.2, 0) is 6.42 Å². The van der Waals surface area contributed by atoms with E-state index in [0.29, 0.717) is 12.5 Å². The number of phenols is 1. The molecule has 0 amide bonds. The summed E-state index contributed by atoms with van der Waals surface area (Å²) in [5, 5.41) is 12.5. The van der Waals surface area contributed by atoms with Crippen molar-refractivity contribution in [3.05, 3.63) is 59.2 Å². The van der Waals surface area contributed by atoms with Crippen LogP contribution in [0.15, 0.2) is 47.5 Å². The Morgan fingerprint density at radius 2 is 1.82 bits per heavy atom. The zero-order chi connectivity index (χ0) is 15.2. The molecule has 5 heteroatoms. The molecule has 0 saturated carbocycles. The molecule has 0 fully saturated rings. The molecular formula is C17H22IN3O. The number of rotatable bonds is 4. The maximum atomic E-state index is 9.40. The van der Waals surface area contributed by atoms with Gasteiger partial charge >= 0.3 is 0 Å². The minimum atomic E-state index is 0. The number of phenolic OH excluding ortho intramolecular Hbond substituents is 1. The average molecular weight is 411 g/mol. The van der Waals surface area contributed by atoms with E-state index in [4.69, 9.17) is 5.73 Å². The van der Waals surface area contributed by atoms with E-state index in [9.17, 15) is 5.11 Å². The minimum Gasteiger partial charge on any atom is -0.508 e. The largest absolute Gasteiger partial charge is 0.508 e. The van der Waals surface area contributed by atoms with E-state index < -0.39 is 0 Å². The lowest BCUT2D eigenvalue weighted by atomic mass is 10.1. The van der Waals surface area contributed by atoms with Crippen molar-refractivity contribution >= 4 is 35.6 Å². The predicted octanol–water partition coefficient (Wildman–Crippen LogP) is 3.60. The molecule has 0 aliphatic heterocycles. The molecule has 22 heavy (non-hydrogen) atoms. The van der Waals surface area contributed by atoms with Crippen LogP contribution in [0.5, 0.6) is 5.75 Å². The summed E-state index contributed by atoms with van der Waals surface area (Å²) in [6.45, 7) is 4.67. The van der Waals surface area contributed by atoms with Crippen molar-refractivity contribution in [1.29, 1.82) is 0 Å². The van der Waals surface area contributed by atoms with Gasteiger partial charge in [0.1, 0.15) is 5.75 Å². The number of halogens is 1. The number of hydrogen-bond acceptors (Lipinski definition) is 2. The van der Waals surface area contributed by atoms with Crippen molar-refractivity contribution in [2.75, 3.05) is 11.9 Å². The van der Waals surface area contributed by atoms with Gasteiger partial charge in [-0.25, -0.2) is 0 Å². The molecule has 4 N–H and O–H groups in total. The monoisotopic (exact) mass is 411 g/mol. The van der Waals surface area contributed by atoms with Crippen LogP contribution < -0.4 is 11.1 Å². The fraction of sp³-hybridized carbons (Fsp3) is 0.235. The van der Waals surface area contributed by atoms with Crippen LogP contribution >= 0.6 is 24.0 Å². The van der Waals surface area contributed by atoms with Crippen LogP contribution in [0.3, 0.4) is 0 Å². The first-order chi connectivity index (χ1) is 10.0. The molecule has 0 radical (unpaired) electrons. The molecule has 0 spiro atoms. The van der Waals surface area contributed by atoms with Crippen LogP contribution in [0.25, 0.3) is 0 Å². The van der Waals surface area contributed by atoms with E-state index in [2.05, 4.69) is 16.4 Å². The first kappa shape index (κ1) is 18.3. The van der Waals surface area contributed by atoms with Crippen LogP contribution in [0.1, 0.15) is 16.7 Å². The molecule has 0 heterocycles. The Balaban J connectivity index is 0.00000242. The molecule has 2 rings (SSSR count). The second-order valence-corrected chi connectivity index (χ2v) is 5.19. The molecule has 0 atom stereocenters. The van der Waals surface area contributed by atoms with Gasteiger partial charge in [0.25, 0.3) is 0 Å². The number of nitrogens with one attached hydrogen (secondary N) is 1. The highest BCUT2D eigenvalue weighted by Crippen LogP contribution is 2.13. The second-order valence-electron chi connectivity index (χ2n) is 5.19. The molecule has 0 unspecified atom stereocenters. The summed E-state index contributed by atoms with van der Waals surface area (Å²) in [7, 11) is 0. The quantitative estimate of drug-likeness (QED) is 0.409. The van der Waals surface area contributed by atoms with E-state index in [0.717, 1.165) is 17.7 Å². The van der Waals surface area contributed by atoms with Crippen LogP contribution in [0.2, 0.25) is 0 Å². The van der Waals surface area contributed by atoms with Gasteiger partial charge in [0, 0.05) is 12.2 Å². The molecule has 0 bridgehead atoms. The molecule has 0 aromatic heterocycles. The van der Waals surface area contributed by atoms with Crippen molar-refractivity contribution in [2.45, 2.75) is 20.3 Å². The lowest BCUT2D eigenvalue weighted by Gasteiger charge is -2.08. The van der Waals surface area contributed by atoms with Gasteiger partial charge in [-0.3, -0.25) is 4.99 Å². The smallest absolute Gasteiger partial charge is 0.193 e. The SMILES string of the molecule is Cc1cc(C)cc(NC(N)=NCCc2cccc(O)c2)c1.I. The number of aromatic hydroxyl groups is 1. The molecule has 118 valence electrons. The Morgan fingerprint density at radius 1 is 1.14 bits per heavy atom. The Morgan fingerprint density at radius 3 is 2.45 bits per heavy atom. The van der Waals surface area contributed by atoms with Crippen LogP contribution in [0.4, 0.5) is 5.69 Å². The normalized spacial score (nSPS) is 10.9. The summed E-state index contributed by atoms with van der Waals surface area (Å²) in [6.07, 6.45) is 0.740. The molecule has 4 nitrogen and oxygen atoms in total. The number of aryl methyl sites for hydroxylation is 2. The fourth-order valence-electron chi connectivity index (χ4n) is 2.25. The number of nitrogens with zero attached hydrogens (tertiary/aromatic N) is 1. The summed E-state index contributed by atoms with van der Waals surface area (Å²) in [4.78, 5) is 4.31. The zero-order valence-corrected chi connectivity index (χ0v) is 15.2. The molecule has 0 aliphatic rings. The highest BCUT2D eigenvalue weighted by molar-refractivity contribution is 14.0. The van der Waals surface area contributed by atoms with Gasteiger partial charge in [-0.15, -0.1) is 24.0 Å². The number of hydrogen-bond donors (Lipinski definition) is 3. The molecule has 0 aliphatic carbocycles. The number of benzene rings is 2. The van der Waals surface area contributed by atoms with E-state index in [1.807, 2.05) is 38.1 Å². The Labute approximate surface area is 148 Å². The first-order valence-corrected chi connectivity index (χ1v) is 6.96. The van der Waals surface area contributed by atoms with Crippen molar-refractivity contribution < 1.29 is 5.11 Å². The van der Waals surface area contributed by atoms with Gasteiger partial charge in [-0.2, -0.15) is 0 Å². The Bertz CT molecular complexity index is 636. The number of anilines is 1. The van der Waals surface area contributed by atoms with Crippen LogP contribution in [0, 0.1) is 13.8 Å². The van der Waals surface area contributed by atoms with E-state index in [1.165, 1.54) is 11.1 Å². The second kappa shape index (κ2) is 8.63. The number of aliphatic imine (C=N–C) groups is 1. The van der Waals surface area contributed by atoms with Crippen LogP contribution in [-0.4, -0.2) is 17.6 Å². The summed E-state index contributed by atoms with van der Waals surface area (Å²) in [5.74, 6) is 0.679. The topological polar surface area (TPSA) is 70.6 Å². The summed E-state index contributed by atoms with van der Waals surface area (Å²) < 4.78 is 0. The maximum absolute atomic E-state index is 9.40. The van der Waals surface area contributed by atoms with Crippen molar-refractivity contribution in [3.63, 3.8) is 0 Å². The molecule has 2 aromatic rings. The maximum Gasteiger partial charge on any atom is 0.193 e. The number of nitrogens with two attached hydrogens (primary N) is 1. The zero-order valence-electron chi connectivity index (χ0n) is 12.8. The Hall–Kier alpha value is -1.76. The van der Waals surface area contributed by atoms with Crippen molar-refractivity contribution in [1.82, 2.24) is 0 Å². The van der Waals surface area contributed by atoms with Gasteiger partial charge in [0.2, 0.25) is 0 Å². The van der Waals surface area contributed by atoms with E-state index in [-0.39, 0.29) is 29.7 Å². The predicted molar refractivity (Wildman–Crippen MR) is 103 cm³/mol. The highest BCUT2D eigenvalue weighted by Gasteiger charge is 1.98. The van der Waals surface area contributed by atoms with Gasteiger partial charge in [0.05, 0.1) is 0 Å². The standard InChI is InChI=1S/C17H21N3O.HI/c1-12-8-13(2)10-15(9-12)20-17(18)19-7-6-14-4-3-5-16(21)11-14;/h3-5,8-11,21H,6-7H2,1-2H3,(H3,18,19,20);1H. The third-order valence-electron chi connectivity index (χ3n) is 3.09. The third-order valence-corrected chi connectivity index (χ3v) is 3.09. The van der Waals surface area contributed by atoms with Gasteiger partial charge in [0.15, 0.2) is 5.96 Å². The third kappa shape index (κ3) is 5.93. The molecule has 0 saturated heterocycles. The average Bonchev–Trinajstić information content (AvgIpc) is 2.37. The lowest BCUT2D eigenvalue weighted by Crippen LogP contribution is -2.23. The van der Waals surface area contributed by atoms with Gasteiger partial charge < -0.3 is 16.2 Å². The number of guanidine groups is 1. The van der Waals surface area contributed by atoms with Crippen molar-refractivity contribution in [3.8, 4) is 5.75 Å². The summed E-state index contributed by atoms with van der Waals surface area (Å²) in [6, 6.07) is 13.4. The first-order valence-electron chi connectivity index (χ1n) is 6.96. The Kier molecular flexibility index (Phi) is 7.17. The molecule has 2 aromatic carbocycles. The highest BCUT2D eigenvalue weighted by atomic mass is 127. The van der Waals surface area contributed by atoms with Gasteiger partial charge in [-0.1, -0.05) is 18.2 Å². The summed E-state index contributed by atoms with van der Waals surface area (Å²) in [5.41, 5.74) is 10.2. The lowest BCUT2D eigenvalue weighted by molar-refractivity contribution is 0.474. The van der Waals surface area contributed by atoms with E-state index in [1.54, 1.807) is 12.1 Å². The van der Waals surface area contributed by atoms with Gasteiger partial charge in [-0.05, 0) is 61.2 Å². The van der Waals surface area contributed by atoms with Crippen molar-refractivity contribution in [2.24, 2.45) is 10.7 Å². The fourth-order valence-corrected chi connectivity index (χ4v) is 2.25.